The summed E-state index contributed by atoms with van der Waals surface area (Å²) < 4.78 is 7.81. The first-order chi connectivity index (χ1) is 14.6. The molecule has 0 spiro atoms. The molecule has 1 aromatic heterocycles. The third kappa shape index (κ3) is 4.71. The van der Waals surface area contributed by atoms with Gasteiger partial charge in [-0.25, -0.2) is 4.98 Å². The second-order valence-corrected chi connectivity index (χ2v) is 7.95. The molecule has 1 N–H and O–H groups in total. The topological polar surface area (TPSA) is 59.4 Å². The number of aryl methyl sites for hydroxylation is 2. The summed E-state index contributed by atoms with van der Waals surface area (Å²) in [6, 6.07) is 13.6. The molecule has 158 valence electrons. The van der Waals surface area contributed by atoms with Crippen LogP contribution in [0.25, 0.3) is 11.0 Å². The lowest BCUT2D eigenvalue weighted by Gasteiger charge is -2.26. The van der Waals surface area contributed by atoms with Crippen LogP contribution in [0.1, 0.15) is 41.5 Å². The zero-order valence-corrected chi connectivity index (χ0v) is 17.9. The Bertz CT molecular complexity index is 1000. The van der Waals surface area contributed by atoms with Gasteiger partial charge in [0.05, 0.1) is 30.8 Å². The Morgan fingerprint density at radius 1 is 1.13 bits per heavy atom. The van der Waals surface area contributed by atoms with Crippen LogP contribution < -0.4 is 5.32 Å². The molecule has 0 saturated carbocycles. The summed E-state index contributed by atoms with van der Waals surface area (Å²) in [7, 11) is 0. The van der Waals surface area contributed by atoms with E-state index in [9.17, 15) is 4.79 Å². The predicted molar refractivity (Wildman–Crippen MR) is 120 cm³/mol. The van der Waals surface area contributed by atoms with E-state index in [1.165, 1.54) is 0 Å². The molecule has 0 radical (unpaired) electrons. The van der Waals surface area contributed by atoms with E-state index in [1.54, 1.807) is 0 Å². The SMILES string of the molecule is CCCCn1c(CN2CCOCC2)nc2cc(NC(=O)c3ccc(C)cc3)ccc21. The summed E-state index contributed by atoms with van der Waals surface area (Å²) in [4.78, 5) is 19.9. The van der Waals surface area contributed by atoms with E-state index in [4.69, 9.17) is 9.72 Å². The molecule has 1 fully saturated rings. The van der Waals surface area contributed by atoms with Crippen LogP contribution in [0.3, 0.4) is 0 Å². The number of hydrogen-bond donors (Lipinski definition) is 1. The van der Waals surface area contributed by atoms with E-state index >= 15 is 0 Å². The second-order valence-electron chi connectivity index (χ2n) is 7.95. The second kappa shape index (κ2) is 9.41. The number of amides is 1. The fraction of sp³-hybridized carbons (Fsp3) is 0.417. The normalized spacial score (nSPS) is 14.9. The molecule has 3 aromatic rings. The molecular weight excluding hydrogens is 376 g/mol. The smallest absolute Gasteiger partial charge is 0.255 e. The molecule has 2 aromatic carbocycles. The number of aromatic nitrogens is 2. The number of carbonyl (C=O) groups is 1. The molecule has 1 aliphatic rings. The number of benzene rings is 2. The molecule has 2 heterocycles. The Kier molecular flexibility index (Phi) is 6.45. The van der Waals surface area contributed by atoms with Crippen LogP contribution in [0.15, 0.2) is 42.5 Å². The van der Waals surface area contributed by atoms with Crippen molar-refractivity contribution in [2.24, 2.45) is 0 Å². The maximum atomic E-state index is 12.6. The van der Waals surface area contributed by atoms with E-state index in [0.29, 0.717) is 5.56 Å². The average molecular weight is 407 g/mol. The third-order valence-electron chi connectivity index (χ3n) is 5.60. The number of hydrogen-bond acceptors (Lipinski definition) is 4. The zero-order chi connectivity index (χ0) is 20.9. The molecule has 6 heteroatoms. The van der Waals surface area contributed by atoms with Crippen molar-refractivity contribution in [3.05, 3.63) is 59.4 Å². The van der Waals surface area contributed by atoms with Gasteiger partial charge in [-0.15, -0.1) is 0 Å². The van der Waals surface area contributed by atoms with Gasteiger partial charge >= 0.3 is 0 Å². The van der Waals surface area contributed by atoms with Crippen LogP contribution >= 0.6 is 0 Å². The number of nitrogens with one attached hydrogen (secondary N) is 1. The summed E-state index contributed by atoms with van der Waals surface area (Å²) >= 11 is 0. The molecule has 30 heavy (non-hydrogen) atoms. The number of nitrogens with zero attached hydrogens (tertiary/aromatic N) is 3. The van der Waals surface area contributed by atoms with Gasteiger partial charge in [0, 0.05) is 30.9 Å². The molecule has 1 aliphatic heterocycles. The maximum absolute atomic E-state index is 12.6. The number of rotatable bonds is 7. The monoisotopic (exact) mass is 406 g/mol. The number of anilines is 1. The Labute approximate surface area is 177 Å². The van der Waals surface area contributed by atoms with Crippen LogP contribution in [0.4, 0.5) is 5.69 Å². The molecule has 1 amide bonds. The van der Waals surface area contributed by atoms with Crippen molar-refractivity contribution in [1.29, 1.82) is 0 Å². The molecule has 4 rings (SSSR count). The Morgan fingerprint density at radius 2 is 1.90 bits per heavy atom. The number of morpholine rings is 1. The van der Waals surface area contributed by atoms with Crippen molar-refractivity contribution in [1.82, 2.24) is 14.5 Å². The van der Waals surface area contributed by atoms with Gasteiger partial charge < -0.3 is 14.6 Å². The number of ether oxygens (including phenoxy) is 1. The van der Waals surface area contributed by atoms with Gasteiger partial charge in [0.15, 0.2) is 0 Å². The minimum atomic E-state index is -0.103. The van der Waals surface area contributed by atoms with Crippen LogP contribution in [-0.2, 0) is 17.8 Å². The minimum absolute atomic E-state index is 0.103. The molecule has 0 unspecified atom stereocenters. The van der Waals surface area contributed by atoms with Crippen LogP contribution in [0.5, 0.6) is 0 Å². The van der Waals surface area contributed by atoms with Gasteiger partial charge in [-0.1, -0.05) is 31.0 Å². The Balaban J connectivity index is 1.57. The summed E-state index contributed by atoms with van der Waals surface area (Å²) in [6.07, 6.45) is 2.26. The van der Waals surface area contributed by atoms with E-state index in [2.05, 4.69) is 27.8 Å². The van der Waals surface area contributed by atoms with Crippen molar-refractivity contribution in [2.75, 3.05) is 31.6 Å². The minimum Gasteiger partial charge on any atom is -0.379 e. The first-order valence-corrected chi connectivity index (χ1v) is 10.8. The largest absolute Gasteiger partial charge is 0.379 e. The first-order valence-electron chi connectivity index (χ1n) is 10.8. The number of unbranched alkanes of at least 4 members (excludes halogenated alkanes) is 1. The molecule has 0 aliphatic carbocycles. The van der Waals surface area contributed by atoms with Gasteiger partial charge in [-0.3, -0.25) is 9.69 Å². The van der Waals surface area contributed by atoms with Crippen LogP contribution in [0.2, 0.25) is 0 Å². The summed E-state index contributed by atoms with van der Waals surface area (Å²) in [5.41, 5.74) is 4.61. The van der Waals surface area contributed by atoms with Crippen molar-refractivity contribution in [3.63, 3.8) is 0 Å². The van der Waals surface area contributed by atoms with Crippen LogP contribution in [-0.4, -0.2) is 46.7 Å². The van der Waals surface area contributed by atoms with Gasteiger partial charge in [0.25, 0.3) is 5.91 Å². The van der Waals surface area contributed by atoms with Gasteiger partial charge in [-0.2, -0.15) is 0 Å². The van der Waals surface area contributed by atoms with Gasteiger partial charge in [0.2, 0.25) is 0 Å². The fourth-order valence-electron chi connectivity index (χ4n) is 3.81. The van der Waals surface area contributed by atoms with Crippen molar-refractivity contribution < 1.29 is 9.53 Å². The van der Waals surface area contributed by atoms with E-state index in [-0.39, 0.29) is 5.91 Å². The Hall–Kier alpha value is -2.70. The highest BCUT2D eigenvalue weighted by Gasteiger charge is 2.17. The molecule has 0 atom stereocenters. The molecule has 0 bridgehead atoms. The lowest BCUT2D eigenvalue weighted by Crippen LogP contribution is -2.36. The maximum Gasteiger partial charge on any atom is 0.255 e. The molecule has 6 nitrogen and oxygen atoms in total. The molecule has 1 saturated heterocycles. The fourth-order valence-corrected chi connectivity index (χ4v) is 3.81. The summed E-state index contributed by atoms with van der Waals surface area (Å²) in [5.74, 6) is 0.982. The zero-order valence-electron chi connectivity index (χ0n) is 17.9. The summed E-state index contributed by atoms with van der Waals surface area (Å²) in [5, 5.41) is 3.01. The van der Waals surface area contributed by atoms with Crippen molar-refractivity contribution >= 4 is 22.6 Å². The number of fused-ring (bicyclic) bond motifs is 1. The predicted octanol–water partition coefficient (Wildman–Crippen LogP) is 4.23. The summed E-state index contributed by atoms with van der Waals surface area (Å²) in [6.45, 7) is 9.45. The van der Waals surface area contributed by atoms with E-state index in [0.717, 1.165) is 80.3 Å². The number of carbonyl (C=O) groups excluding carboxylic acids is 1. The van der Waals surface area contributed by atoms with Gasteiger partial charge in [0.1, 0.15) is 5.82 Å². The highest BCUT2D eigenvalue weighted by Crippen LogP contribution is 2.23. The highest BCUT2D eigenvalue weighted by atomic mass is 16.5. The average Bonchev–Trinajstić information content (AvgIpc) is 3.09. The van der Waals surface area contributed by atoms with Crippen LogP contribution in [0, 0.1) is 6.92 Å². The van der Waals surface area contributed by atoms with Crippen molar-refractivity contribution in [3.8, 4) is 0 Å². The van der Waals surface area contributed by atoms with Gasteiger partial charge in [-0.05, 0) is 43.7 Å². The molecular formula is C24H30N4O2. The third-order valence-corrected chi connectivity index (χ3v) is 5.60. The highest BCUT2D eigenvalue weighted by molar-refractivity contribution is 6.05. The number of imidazole rings is 1. The van der Waals surface area contributed by atoms with Crippen molar-refractivity contribution in [2.45, 2.75) is 39.8 Å². The lowest BCUT2D eigenvalue weighted by molar-refractivity contribution is 0.0326. The van der Waals surface area contributed by atoms with E-state index < -0.39 is 0 Å². The first kappa shape index (κ1) is 20.6. The van der Waals surface area contributed by atoms with E-state index in [1.807, 2.05) is 43.3 Å². The lowest BCUT2D eigenvalue weighted by atomic mass is 10.1. The Morgan fingerprint density at radius 3 is 2.63 bits per heavy atom. The quantitative estimate of drug-likeness (QED) is 0.638. The standard InChI is InChI=1S/C24H30N4O2/c1-3-4-11-28-22-10-9-20(25-24(29)19-7-5-18(2)6-8-19)16-21(22)26-23(28)17-27-12-14-30-15-13-27/h5-10,16H,3-4,11-15,17H2,1-2H3,(H,25,29).